The Balaban J connectivity index is 2.71. The Bertz CT molecular complexity index is 310. The molecule has 0 radical (unpaired) electrons. The molecule has 2 nitrogen and oxygen atoms in total. The largest absolute Gasteiger partial charge is 0.408 e. The number of halogens is 3. The lowest BCUT2D eigenvalue weighted by atomic mass is 10.1. The minimum absolute atomic E-state index is 0.0705. The number of amides is 1. The normalized spacial score (nSPS) is 13.3. The predicted molar refractivity (Wildman–Crippen MR) is 49.2 cm³/mol. The van der Waals surface area contributed by atoms with Crippen LogP contribution in [-0.4, -0.2) is 18.6 Å². The van der Waals surface area contributed by atoms with Crippen LogP contribution in [0, 0.1) is 0 Å². The zero-order valence-electron chi connectivity index (χ0n) is 7.79. The van der Waals surface area contributed by atoms with Crippen LogP contribution in [0.4, 0.5) is 13.2 Å². The minimum Gasteiger partial charge on any atom is -0.347 e. The van der Waals surface area contributed by atoms with E-state index in [1.54, 1.807) is 35.6 Å². The molecule has 0 saturated heterocycles. The van der Waals surface area contributed by atoms with Gasteiger partial charge in [0, 0.05) is 6.42 Å². The van der Waals surface area contributed by atoms with Crippen LogP contribution in [0.2, 0.25) is 0 Å². The Morgan fingerprint density at radius 3 is 2.33 bits per heavy atom. The van der Waals surface area contributed by atoms with Gasteiger partial charge in [0.15, 0.2) is 0 Å². The van der Waals surface area contributed by atoms with E-state index in [1.165, 1.54) is 0 Å². The van der Waals surface area contributed by atoms with Gasteiger partial charge < -0.3 is 5.32 Å². The van der Waals surface area contributed by atoms with Gasteiger partial charge in [-0.1, -0.05) is 30.3 Å². The third kappa shape index (κ3) is 3.61. The molecular weight excluding hydrogens is 207 g/mol. The van der Waals surface area contributed by atoms with E-state index in [4.69, 9.17) is 0 Å². The molecule has 1 unspecified atom stereocenters. The Morgan fingerprint density at radius 2 is 1.87 bits per heavy atom. The first-order valence-electron chi connectivity index (χ1n) is 4.34. The maximum atomic E-state index is 12.4. The molecule has 0 fully saturated rings. The van der Waals surface area contributed by atoms with Crippen LogP contribution in [0.3, 0.4) is 0 Å². The van der Waals surface area contributed by atoms with Crippen LogP contribution in [-0.2, 0) is 11.2 Å². The van der Waals surface area contributed by atoms with Gasteiger partial charge in [-0.15, -0.1) is 0 Å². The first-order chi connectivity index (χ1) is 7.04. The van der Waals surface area contributed by atoms with E-state index in [9.17, 15) is 18.0 Å². The number of nitrogens with one attached hydrogen (secondary N) is 1. The second kappa shape index (κ2) is 4.82. The zero-order chi connectivity index (χ0) is 11.3. The zero-order valence-corrected chi connectivity index (χ0v) is 7.79. The number of rotatable bonds is 4. The third-order valence-electron chi connectivity index (χ3n) is 1.95. The standard InChI is InChI=1S/C10H10F3NO/c11-10(12,13)9(14-7-15)6-8-4-2-1-3-5-8/h1-5,7,9H,6H2,(H,14,15). The molecule has 0 aliphatic heterocycles. The van der Waals surface area contributed by atoms with Gasteiger partial charge in [0.25, 0.3) is 0 Å². The van der Waals surface area contributed by atoms with Crippen molar-refractivity contribution in [1.82, 2.24) is 5.32 Å². The maximum absolute atomic E-state index is 12.4. The summed E-state index contributed by atoms with van der Waals surface area (Å²) in [6, 6.07) is 6.39. The van der Waals surface area contributed by atoms with E-state index in [2.05, 4.69) is 0 Å². The summed E-state index contributed by atoms with van der Waals surface area (Å²) in [5, 5.41) is 1.77. The highest BCUT2D eigenvalue weighted by atomic mass is 19.4. The van der Waals surface area contributed by atoms with Crippen molar-refractivity contribution in [3.63, 3.8) is 0 Å². The smallest absolute Gasteiger partial charge is 0.347 e. The van der Waals surface area contributed by atoms with Gasteiger partial charge in [0.1, 0.15) is 6.04 Å². The molecule has 0 heterocycles. The van der Waals surface area contributed by atoms with Crippen LogP contribution < -0.4 is 5.32 Å². The average Bonchev–Trinajstić information content (AvgIpc) is 2.17. The van der Waals surface area contributed by atoms with Gasteiger partial charge in [-0.05, 0) is 5.56 Å². The SMILES string of the molecule is O=CNC(Cc1ccccc1)C(F)(F)F. The third-order valence-corrected chi connectivity index (χ3v) is 1.95. The van der Waals surface area contributed by atoms with E-state index in [1.807, 2.05) is 0 Å². The average molecular weight is 217 g/mol. The molecule has 82 valence electrons. The van der Waals surface area contributed by atoms with Crippen molar-refractivity contribution < 1.29 is 18.0 Å². The Morgan fingerprint density at radius 1 is 1.27 bits per heavy atom. The quantitative estimate of drug-likeness (QED) is 0.767. The second-order valence-corrected chi connectivity index (χ2v) is 3.07. The first-order valence-corrected chi connectivity index (χ1v) is 4.34. The number of hydrogen-bond donors (Lipinski definition) is 1. The lowest BCUT2D eigenvalue weighted by Gasteiger charge is -2.19. The molecule has 1 aromatic rings. The molecule has 0 aliphatic rings. The summed E-state index contributed by atoms with van der Waals surface area (Å²) in [5.41, 5.74) is 0.536. The highest BCUT2D eigenvalue weighted by Gasteiger charge is 2.39. The van der Waals surface area contributed by atoms with Crippen molar-refractivity contribution in [2.24, 2.45) is 0 Å². The molecular formula is C10H10F3NO. The number of alkyl halides is 3. The number of hydrogen-bond acceptors (Lipinski definition) is 1. The Kier molecular flexibility index (Phi) is 3.71. The van der Waals surface area contributed by atoms with E-state index in [0.717, 1.165) is 0 Å². The predicted octanol–water partition coefficient (Wildman–Crippen LogP) is 1.91. The van der Waals surface area contributed by atoms with Crippen molar-refractivity contribution in [3.05, 3.63) is 35.9 Å². The lowest BCUT2D eigenvalue weighted by molar-refractivity contribution is -0.158. The molecule has 1 atom stereocenters. The van der Waals surface area contributed by atoms with Crippen molar-refractivity contribution in [1.29, 1.82) is 0 Å². The van der Waals surface area contributed by atoms with Crippen LogP contribution in [0.5, 0.6) is 0 Å². The number of carbonyl (C=O) groups is 1. The van der Waals surface area contributed by atoms with E-state index in [0.29, 0.717) is 5.56 Å². The molecule has 1 amide bonds. The molecule has 0 bridgehead atoms. The Hall–Kier alpha value is -1.52. The number of carbonyl (C=O) groups excluding carboxylic acids is 1. The topological polar surface area (TPSA) is 29.1 Å². The summed E-state index contributed by atoms with van der Waals surface area (Å²) in [4.78, 5) is 10.0. The molecule has 1 aromatic carbocycles. The molecule has 0 aromatic heterocycles. The van der Waals surface area contributed by atoms with E-state index in [-0.39, 0.29) is 12.8 Å². The van der Waals surface area contributed by atoms with Gasteiger partial charge >= 0.3 is 6.18 Å². The van der Waals surface area contributed by atoms with Crippen molar-refractivity contribution in [3.8, 4) is 0 Å². The van der Waals surface area contributed by atoms with Gasteiger partial charge in [-0.25, -0.2) is 0 Å². The Labute approximate surface area is 85.1 Å². The van der Waals surface area contributed by atoms with Crippen LogP contribution >= 0.6 is 0 Å². The summed E-state index contributed by atoms with van der Waals surface area (Å²) in [5.74, 6) is 0. The van der Waals surface area contributed by atoms with Crippen molar-refractivity contribution in [2.75, 3.05) is 0 Å². The molecule has 1 rings (SSSR count). The van der Waals surface area contributed by atoms with Gasteiger partial charge in [-0.3, -0.25) is 4.79 Å². The number of benzene rings is 1. The molecule has 15 heavy (non-hydrogen) atoms. The van der Waals surface area contributed by atoms with Crippen LogP contribution in [0.15, 0.2) is 30.3 Å². The van der Waals surface area contributed by atoms with E-state index < -0.39 is 12.2 Å². The van der Waals surface area contributed by atoms with Gasteiger partial charge in [0.05, 0.1) is 0 Å². The summed E-state index contributed by atoms with van der Waals surface area (Å²) >= 11 is 0. The molecule has 0 saturated carbocycles. The minimum atomic E-state index is -4.42. The second-order valence-electron chi connectivity index (χ2n) is 3.07. The summed E-state index contributed by atoms with van der Waals surface area (Å²) in [7, 11) is 0. The van der Waals surface area contributed by atoms with Crippen LogP contribution in [0.1, 0.15) is 5.56 Å². The summed E-state index contributed by atoms with van der Waals surface area (Å²) in [6.45, 7) is 0. The molecule has 0 spiro atoms. The van der Waals surface area contributed by atoms with E-state index >= 15 is 0 Å². The highest BCUT2D eigenvalue weighted by Crippen LogP contribution is 2.22. The first kappa shape index (κ1) is 11.6. The lowest BCUT2D eigenvalue weighted by Crippen LogP contribution is -2.43. The summed E-state index contributed by atoms with van der Waals surface area (Å²) in [6.07, 6.45) is -4.60. The molecule has 0 aliphatic carbocycles. The van der Waals surface area contributed by atoms with Crippen molar-refractivity contribution in [2.45, 2.75) is 18.6 Å². The fourth-order valence-corrected chi connectivity index (χ4v) is 1.20. The molecule has 1 N–H and O–H groups in total. The fraction of sp³-hybridized carbons (Fsp3) is 0.300. The monoisotopic (exact) mass is 217 g/mol. The van der Waals surface area contributed by atoms with Crippen LogP contribution in [0.25, 0.3) is 0 Å². The van der Waals surface area contributed by atoms with Crippen molar-refractivity contribution >= 4 is 6.41 Å². The summed E-state index contributed by atoms with van der Waals surface area (Å²) < 4.78 is 37.1. The highest BCUT2D eigenvalue weighted by molar-refractivity contribution is 5.47. The van der Waals surface area contributed by atoms with Gasteiger partial charge in [-0.2, -0.15) is 13.2 Å². The fourth-order valence-electron chi connectivity index (χ4n) is 1.20. The maximum Gasteiger partial charge on any atom is 0.408 e. The molecule has 5 heteroatoms. The van der Waals surface area contributed by atoms with Gasteiger partial charge in [0.2, 0.25) is 6.41 Å².